The van der Waals surface area contributed by atoms with E-state index in [1.807, 2.05) is 6.07 Å². The van der Waals surface area contributed by atoms with E-state index in [1.54, 1.807) is 18.5 Å². The van der Waals surface area contributed by atoms with Gasteiger partial charge in [0.05, 0.1) is 18.2 Å². The van der Waals surface area contributed by atoms with Gasteiger partial charge >= 0.3 is 12.2 Å². The number of hydrogen-bond donors (Lipinski definition) is 1. The lowest BCUT2D eigenvalue weighted by Crippen LogP contribution is -2.15. The smallest absolute Gasteiger partial charge is 0.419 e. The largest absolute Gasteiger partial charge is 0.467 e. The first-order chi connectivity index (χ1) is 18.2. The van der Waals surface area contributed by atoms with Crippen LogP contribution in [0.5, 0.6) is 17.5 Å². The van der Waals surface area contributed by atoms with Crippen LogP contribution in [0.3, 0.4) is 0 Å². The van der Waals surface area contributed by atoms with Crippen LogP contribution in [-0.4, -0.2) is 27.0 Å². The summed E-state index contributed by atoms with van der Waals surface area (Å²) in [5.74, 6) is -1.34. The Bertz CT molecular complexity index is 1550. The molecule has 0 radical (unpaired) electrons. The monoisotopic (exact) mass is 543 g/mol. The van der Waals surface area contributed by atoms with E-state index in [1.165, 1.54) is 37.2 Å². The van der Waals surface area contributed by atoms with Crippen molar-refractivity contribution in [2.75, 3.05) is 7.11 Å². The Labute approximate surface area is 217 Å². The lowest BCUT2D eigenvalue weighted by molar-refractivity contribution is -0.140. The molecule has 38 heavy (non-hydrogen) atoms. The maximum absolute atomic E-state index is 13.5. The van der Waals surface area contributed by atoms with Gasteiger partial charge in [-0.2, -0.15) is 18.4 Å². The first-order valence-electron chi connectivity index (χ1n) is 10.8. The van der Waals surface area contributed by atoms with Crippen molar-refractivity contribution in [2.45, 2.75) is 23.5 Å². The van der Waals surface area contributed by atoms with E-state index < -0.39 is 17.6 Å². The number of hydrogen-bond acceptors (Lipinski definition) is 8. The Balaban J connectivity index is 1.43. The zero-order valence-electron chi connectivity index (χ0n) is 19.5. The standard InChI is InChI=1S/C25H17F4N5O3S/c1-36-23-31-10-15(11-32-23)7-17-12-33-24(34-22(17)35)38-13-14-2-5-21(16(6-14)9-30)37-18-3-4-20(26)19(8-18)25(27,28)29/h2-6,8,10-12H,7,13H2,1H3,(H,33,34,35). The maximum Gasteiger partial charge on any atom is 0.419 e. The van der Waals surface area contributed by atoms with Crippen LogP contribution in [0.2, 0.25) is 0 Å². The molecule has 0 amide bonds. The highest BCUT2D eigenvalue weighted by molar-refractivity contribution is 7.98. The molecular weight excluding hydrogens is 526 g/mol. The Kier molecular flexibility index (Phi) is 7.92. The van der Waals surface area contributed by atoms with E-state index in [0.29, 0.717) is 39.7 Å². The summed E-state index contributed by atoms with van der Waals surface area (Å²) in [7, 11) is 1.45. The highest BCUT2D eigenvalue weighted by Gasteiger charge is 2.34. The molecular formula is C25H17F4N5O3S. The minimum Gasteiger partial charge on any atom is -0.467 e. The molecule has 0 aliphatic heterocycles. The summed E-state index contributed by atoms with van der Waals surface area (Å²) in [6.45, 7) is 0. The van der Waals surface area contributed by atoms with Crippen LogP contribution in [0.25, 0.3) is 0 Å². The van der Waals surface area contributed by atoms with Crippen molar-refractivity contribution in [3.63, 3.8) is 0 Å². The Morgan fingerprint density at radius 3 is 2.47 bits per heavy atom. The summed E-state index contributed by atoms with van der Waals surface area (Å²) in [5.41, 5.74) is 0.0882. The molecule has 0 bridgehead atoms. The van der Waals surface area contributed by atoms with Crippen molar-refractivity contribution in [2.24, 2.45) is 0 Å². The Morgan fingerprint density at radius 1 is 1.05 bits per heavy atom. The number of thioether (sulfide) groups is 1. The zero-order valence-corrected chi connectivity index (χ0v) is 20.4. The van der Waals surface area contributed by atoms with E-state index in [0.717, 1.165) is 6.07 Å². The third-order valence-corrected chi connectivity index (χ3v) is 6.08. The topological polar surface area (TPSA) is 114 Å². The van der Waals surface area contributed by atoms with Gasteiger partial charge in [0.15, 0.2) is 5.16 Å². The van der Waals surface area contributed by atoms with E-state index in [9.17, 15) is 27.6 Å². The van der Waals surface area contributed by atoms with Crippen LogP contribution < -0.4 is 15.0 Å². The van der Waals surface area contributed by atoms with Crippen molar-refractivity contribution in [1.82, 2.24) is 19.9 Å². The van der Waals surface area contributed by atoms with Gasteiger partial charge in [-0.1, -0.05) is 17.8 Å². The third-order valence-electron chi connectivity index (χ3n) is 5.12. The molecule has 0 fully saturated rings. The summed E-state index contributed by atoms with van der Waals surface area (Å²) in [6.07, 6.45) is -0.0392. The summed E-state index contributed by atoms with van der Waals surface area (Å²) in [4.78, 5) is 27.4. The second kappa shape index (κ2) is 11.3. The van der Waals surface area contributed by atoms with Crippen molar-refractivity contribution in [3.05, 3.63) is 99.0 Å². The lowest BCUT2D eigenvalue weighted by atomic mass is 10.1. The van der Waals surface area contributed by atoms with Gasteiger partial charge < -0.3 is 14.5 Å². The normalized spacial score (nSPS) is 11.2. The Morgan fingerprint density at radius 2 is 1.82 bits per heavy atom. The molecule has 0 saturated carbocycles. The summed E-state index contributed by atoms with van der Waals surface area (Å²) >= 11 is 1.22. The number of halogens is 4. The number of H-pyrrole nitrogens is 1. The van der Waals surface area contributed by atoms with Crippen LogP contribution in [-0.2, 0) is 18.3 Å². The van der Waals surface area contributed by atoms with E-state index in [-0.39, 0.29) is 35.1 Å². The number of methoxy groups -OCH3 is 1. The molecule has 8 nitrogen and oxygen atoms in total. The van der Waals surface area contributed by atoms with Gasteiger partial charge in [0, 0.05) is 36.3 Å². The molecule has 4 rings (SSSR count). The average molecular weight is 544 g/mol. The molecule has 0 spiro atoms. The van der Waals surface area contributed by atoms with Gasteiger partial charge in [-0.15, -0.1) is 0 Å². The molecule has 2 heterocycles. The summed E-state index contributed by atoms with van der Waals surface area (Å²) < 4.78 is 62.8. The number of ether oxygens (including phenoxy) is 2. The fraction of sp³-hybridized carbons (Fsp3) is 0.160. The number of nitriles is 1. The number of benzene rings is 2. The third kappa shape index (κ3) is 6.46. The number of aromatic amines is 1. The fourth-order valence-electron chi connectivity index (χ4n) is 3.27. The quantitative estimate of drug-likeness (QED) is 0.182. The second-order valence-corrected chi connectivity index (χ2v) is 8.73. The first-order valence-corrected chi connectivity index (χ1v) is 11.8. The van der Waals surface area contributed by atoms with Gasteiger partial charge in [-0.3, -0.25) is 4.79 Å². The van der Waals surface area contributed by atoms with Crippen molar-refractivity contribution in [1.29, 1.82) is 5.26 Å². The molecule has 2 aromatic carbocycles. The van der Waals surface area contributed by atoms with Crippen LogP contribution in [0, 0.1) is 17.1 Å². The molecule has 4 aromatic rings. The highest BCUT2D eigenvalue weighted by atomic mass is 32.2. The first kappa shape index (κ1) is 26.6. The van der Waals surface area contributed by atoms with Gasteiger partial charge in [0.1, 0.15) is 23.4 Å². The second-order valence-electron chi connectivity index (χ2n) is 7.77. The molecule has 0 saturated heterocycles. The molecule has 0 aliphatic carbocycles. The molecule has 0 unspecified atom stereocenters. The van der Waals surface area contributed by atoms with Crippen LogP contribution >= 0.6 is 11.8 Å². The maximum atomic E-state index is 13.5. The van der Waals surface area contributed by atoms with Crippen molar-refractivity contribution < 1.29 is 27.0 Å². The molecule has 1 N–H and O–H groups in total. The average Bonchev–Trinajstić information content (AvgIpc) is 2.90. The highest BCUT2D eigenvalue weighted by Crippen LogP contribution is 2.35. The van der Waals surface area contributed by atoms with Crippen LogP contribution in [0.4, 0.5) is 17.6 Å². The molecule has 2 aromatic heterocycles. The van der Waals surface area contributed by atoms with Gasteiger partial charge in [0.2, 0.25) is 0 Å². The number of nitrogens with zero attached hydrogens (tertiary/aromatic N) is 4. The SMILES string of the molecule is COc1ncc(Cc2cnc(SCc3ccc(Oc4ccc(F)c(C(F)(F)F)c4)c(C#N)c3)[nH]c2=O)cn1. The Hall–Kier alpha value is -4.44. The molecule has 0 atom stereocenters. The van der Waals surface area contributed by atoms with Crippen molar-refractivity contribution in [3.8, 4) is 23.6 Å². The minimum absolute atomic E-state index is 0.0133. The van der Waals surface area contributed by atoms with Crippen LogP contribution in [0.1, 0.15) is 27.8 Å². The predicted octanol–water partition coefficient (Wildman–Crippen LogP) is 5.27. The number of rotatable bonds is 8. The molecule has 194 valence electrons. The molecule has 0 aliphatic rings. The van der Waals surface area contributed by atoms with Gasteiger partial charge in [-0.05, 0) is 41.5 Å². The van der Waals surface area contributed by atoms with Gasteiger partial charge in [0.25, 0.3) is 5.56 Å². The summed E-state index contributed by atoms with van der Waals surface area (Å²) in [6, 6.07) is 8.94. The fourth-order valence-corrected chi connectivity index (χ4v) is 4.05. The number of aromatic nitrogens is 4. The van der Waals surface area contributed by atoms with Gasteiger partial charge in [-0.25, -0.2) is 19.3 Å². The lowest BCUT2D eigenvalue weighted by Gasteiger charge is -2.12. The minimum atomic E-state index is -4.89. The van der Waals surface area contributed by atoms with Crippen LogP contribution in [0.15, 0.2) is 64.9 Å². The summed E-state index contributed by atoms with van der Waals surface area (Å²) in [5, 5.41) is 9.85. The number of nitrogens with one attached hydrogen (secondary N) is 1. The zero-order chi connectivity index (χ0) is 27.3. The van der Waals surface area contributed by atoms with E-state index in [2.05, 4.69) is 19.9 Å². The van der Waals surface area contributed by atoms with E-state index in [4.69, 9.17) is 9.47 Å². The predicted molar refractivity (Wildman–Crippen MR) is 128 cm³/mol. The van der Waals surface area contributed by atoms with E-state index >= 15 is 0 Å². The van der Waals surface area contributed by atoms with Crippen molar-refractivity contribution >= 4 is 11.8 Å². The molecule has 13 heteroatoms. The number of alkyl halides is 3.